The van der Waals surface area contributed by atoms with Gasteiger partial charge in [-0.2, -0.15) is 4.98 Å². The van der Waals surface area contributed by atoms with Gasteiger partial charge in [-0.15, -0.1) is 0 Å². The van der Waals surface area contributed by atoms with E-state index in [0.717, 1.165) is 37.1 Å². The summed E-state index contributed by atoms with van der Waals surface area (Å²) in [7, 11) is 0. The van der Waals surface area contributed by atoms with Gasteiger partial charge in [-0.05, 0) is 52.5 Å². The molecule has 2 atom stereocenters. The van der Waals surface area contributed by atoms with Gasteiger partial charge in [0.15, 0.2) is 5.82 Å². The molecule has 0 N–H and O–H groups in total. The van der Waals surface area contributed by atoms with Crippen LogP contribution in [-0.4, -0.2) is 38.8 Å². The molecule has 2 aliphatic heterocycles. The Kier molecular flexibility index (Phi) is 3.81. The van der Waals surface area contributed by atoms with E-state index in [0.29, 0.717) is 5.89 Å². The summed E-state index contributed by atoms with van der Waals surface area (Å²) < 4.78 is 16.0. The van der Waals surface area contributed by atoms with Crippen LogP contribution < -0.4 is 0 Å². The zero-order valence-corrected chi connectivity index (χ0v) is 14.8. The number of ether oxygens (including phenoxy) is 1. The van der Waals surface area contributed by atoms with Crippen molar-refractivity contribution < 1.29 is 18.5 Å². The Morgan fingerprint density at radius 1 is 1.28 bits per heavy atom. The van der Waals surface area contributed by atoms with Gasteiger partial charge in [0.1, 0.15) is 11.9 Å². The molecule has 4 heterocycles. The van der Waals surface area contributed by atoms with Crippen molar-refractivity contribution in [1.29, 1.82) is 0 Å². The maximum atomic E-state index is 12.5. The van der Waals surface area contributed by atoms with E-state index >= 15 is 0 Å². The smallest absolute Gasteiger partial charge is 0.410 e. The molecule has 1 amide bonds. The lowest BCUT2D eigenvalue weighted by Gasteiger charge is -2.38. The molecule has 2 fully saturated rings. The Balaban J connectivity index is 1.47. The molecule has 2 unspecified atom stereocenters. The quantitative estimate of drug-likeness (QED) is 0.819. The number of furan rings is 1. The molecule has 2 aliphatic rings. The van der Waals surface area contributed by atoms with Crippen LogP contribution in [0, 0.1) is 0 Å². The highest BCUT2D eigenvalue weighted by molar-refractivity contribution is 5.69. The predicted octanol–water partition coefficient (Wildman–Crippen LogP) is 3.98. The molecule has 7 nitrogen and oxygen atoms in total. The van der Waals surface area contributed by atoms with Crippen molar-refractivity contribution in [3.8, 4) is 11.5 Å². The molecule has 7 heteroatoms. The standard InChI is InChI=1S/C18H23N3O4/c1-18(2,3)24-17(22)21-13-4-5-14(21)9-12(8-13)15-19-16(25-20-15)11-6-7-23-10-11/h6-7,10,12-14H,4-5,8-9H2,1-3H3. The molecular formula is C18H23N3O4. The molecule has 4 rings (SSSR count). The third-order valence-corrected chi connectivity index (χ3v) is 4.91. The lowest BCUT2D eigenvalue weighted by molar-refractivity contribution is 0.00549. The fourth-order valence-electron chi connectivity index (χ4n) is 3.90. The second kappa shape index (κ2) is 5.89. The van der Waals surface area contributed by atoms with Gasteiger partial charge in [-0.3, -0.25) is 0 Å². The molecule has 0 saturated carbocycles. The summed E-state index contributed by atoms with van der Waals surface area (Å²) in [5.41, 5.74) is 0.313. The van der Waals surface area contributed by atoms with E-state index in [2.05, 4.69) is 10.1 Å². The fourth-order valence-corrected chi connectivity index (χ4v) is 3.90. The van der Waals surface area contributed by atoms with Gasteiger partial charge in [-0.25, -0.2) is 4.79 Å². The van der Waals surface area contributed by atoms with E-state index in [-0.39, 0.29) is 24.1 Å². The highest BCUT2D eigenvalue weighted by atomic mass is 16.6. The number of hydrogen-bond acceptors (Lipinski definition) is 6. The van der Waals surface area contributed by atoms with Crippen molar-refractivity contribution in [3.63, 3.8) is 0 Å². The van der Waals surface area contributed by atoms with Crippen molar-refractivity contribution in [2.75, 3.05) is 0 Å². The molecule has 0 spiro atoms. The number of nitrogens with zero attached hydrogens (tertiary/aromatic N) is 3. The van der Waals surface area contributed by atoms with Crippen LogP contribution in [0.25, 0.3) is 11.5 Å². The topological polar surface area (TPSA) is 81.6 Å². The average molecular weight is 345 g/mol. The first-order valence-electron chi connectivity index (χ1n) is 8.78. The molecule has 2 saturated heterocycles. The number of aromatic nitrogens is 2. The summed E-state index contributed by atoms with van der Waals surface area (Å²) in [6, 6.07) is 2.18. The van der Waals surface area contributed by atoms with Crippen molar-refractivity contribution in [2.24, 2.45) is 0 Å². The minimum absolute atomic E-state index is 0.189. The van der Waals surface area contributed by atoms with Gasteiger partial charge in [0, 0.05) is 18.0 Å². The number of hydrogen-bond donors (Lipinski definition) is 0. The fraction of sp³-hybridized carbons (Fsp3) is 0.611. The van der Waals surface area contributed by atoms with E-state index in [4.69, 9.17) is 13.7 Å². The molecule has 0 aromatic carbocycles. The lowest BCUT2D eigenvalue weighted by atomic mass is 9.90. The molecule has 134 valence electrons. The van der Waals surface area contributed by atoms with Crippen LogP contribution in [0.5, 0.6) is 0 Å². The maximum Gasteiger partial charge on any atom is 0.410 e. The van der Waals surface area contributed by atoms with Crippen LogP contribution in [0.1, 0.15) is 58.2 Å². The van der Waals surface area contributed by atoms with Gasteiger partial charge in [0.25, 0.3) is 5.89 Å². The van der Waals surface area contributed by atoms with E-state index in [9.17, 15) is 4.79 Å². The summed E-state index contributed by atoms with van der Waals surface area (Å²) in [5, 5.41) is 4.16. The van der Waals surface area contributed by atoms with Crippen LogP contribution in [0.3, 0.4) is 0 Å². The highest BCUT2D eigenvalue weighted by Crippen LogP contribution is 2.43. The SMILES string of the molecule is CC(C)(C)OC(=O)N1C2CCC1CC(c1noc(-c3ccoc3)n1)C2. The van der Waals surface area contributed by atoms with Gasteiger partial charge < -0.3 is 18.6 Å². The minimum Gasteiger partial charge on any atom is -0.472 e. The van der Waals surface area contributed by atoms with Crippen LogP contribution in [0.2, 0.25) is 0 Å². The molecule has 25 heavy (non-hydrogen) atoms. The van der Waals surface area contributed by atoms with E-state index < -0.39 is 5.60 Å². The van der Waals surface area contributed by atoms with Gasteiger partial charge in [0.2, 0.25) is 0 Å². The van der Waals surface area contributed by atoms with E-state index in [1.165, 1.54) is 0 Å². The third-order valence-electron chi connectivity index (χ3n) is 4.91. The second-order valence-electron chi connectivity index (χ2n) is 7.91. The number of amides is 1. The molecule has 2 aromatic heterocycles. The van der Waals surface area contributed by atoms with Gasteiger partial charge in [0.05, 0.1) is 11.8 Å². The Morgan fingerprint density at radius 3 is 2.60 bits per heavy atom. The number of fused-ring (bicyclic) bond motifs is 2. The van der Waals surface area contributed by atoms with Crippen molar-refractivity contribution in [2.45, 2.75) is 70.1 Å². The molecule has 0 aliphatic carbocycles. The zero-order chi connectivity index (χ0) is 17.6. The van der Waals surface area contributed by atoms with E-state index in [1.54, 1.807) is 18.6 Å². The molecule has 2 bridgehead atoms. The summed E-state index contributed by atoms with van der Waals surface area (Å²) in [5.74, 6) is 1.41. The Labute approximate surface area is 146 Å². The summed E-state index contributed by atoms with van der Waals surface area (Å²) in [4.78, 5) is 19.0. The van der Waals surface area contributed by atoms with E-state index in [1.807, 2.05) is 25.7 Å². The van der Waals surface area contributed by atoms with Crippen LogP contribution in [0.15, 0.2) is 27.5 Å². The van der Waals surface area contributed by atoms with Crippen molar-refractivity contribution in [3.05, 3.63) is 24.4 Å². The van der Waals surface area contributed by atoms with Crippen molar-refractivity contribution >= 4 is 6.09 Å². The molecule has 0 radical (unpaired) electrons. The summed E-state index contributed by atoms with van der Waals surface area (Å²) >= 11 is 0. The molecule has 2 aromatic rings. The highest BCUT2D eigenvalue weighted by Gasteiger charge is 2.46. The lowest BCUT2D eigenvalue weighted by Crippen LogP contribution is -2.48. The number of carbonyl (C=O) groups is 1. The average Bonchev–Trinajstić information content (AvgIpc) is 3.24. The predicted molar refractivity (Wildman–Crippen MR) is 88.9 cm³/mol. The van der Waals surface area contributed by atoms with Gasteiger partial charge >= 0.3 is 6.09 Å². The largest absolute Gasteiger partial charge is 0.472 e. The van der Waals surface area contributed by atoms with Crippen molar-refractivity contribution in [1.82, 2.24) is 15.0 Å². The summed E-state index contributed by atoms with van der Waals surface area (Å²) in [6.07, 6.45) is 6.68. The number of carbonyl (C=O) groups excluding carboxylic acids is 1. The number of rotatable bonds is 2. The first kappa shape index (κ1) is 16.2. The van der Waals surface area contributed by atoms with Crippen LogP contribution in [-0.2, 0) is 4.74 Å². The minimum atomic E-state index is -0.472. The maximum absolute atomic E-state index is 12.5. The first-order chi connectivity index (χ1) is 11.9. The Bertz CT molecular complexity index is 733. The molecular weight excluding hydrogens is 322 g/mol. The second-order valence-corrected chi connectivity index (χ2v) is 7.91. The monoisotopic (exact) mass is 345 g/mol. The van der Waals surface area contributed by atoms with Crippen LogP contribution >= 0.6 is 0 Å². The zero-order valence-electron chi connectivity index (χ0n) is 14.8. The Hall–Kier alpha value is -2.31. The number of piperidine rings is 1. The third kappa shape index (κ3) is 3.15. The Morgan fingerprint density at radius 2 is 2.00 bits per heavy atom. The van der Waals surface area contributed by atoms with Crippen LogP contribution in [0.4, 0.5) is 4.79 Å². The first-order valence-corrected chi connectivity index (χ1v) is 8.78. The van der Waals surface area contributed by atoms with Gasteiger partial charge in [-0.1, -0.05) is 5.16 Å². The summed E-state index contributed by atoms with van der Waals surface area (Å²) in [6.45, 7) is 5.70. The normalized spacial score (nSPS) is 26.0.